The number of hydrogen-bond donors (Lipinski definition) is 1. The fourth-order valence-corrected chi connectivity index (χ4v) is 2.79. The van der Waals surface area contributed by atoms with Crippen molar-refractivity contribution in [3.05, 3.63) is 29.6 Å². The molecule has 1 fully saturated rings. The molecule has 0 aromatic heterocycles. The molecule has 0 saturated carbocycles. The van der Waals surface area contributed by atoms with Crippen molar-refractivity contribution in [1.82, 2.24) is 10.2 Å². The Morgan fingerprint density at radius 3 is 2.74 bits per heavy atom. The van der Waals surface area contributed by atoms with Crippen LogP contribution in [0.5, 0.6) is 0 Å². The van der Waals surface area contributed by atoms with Crippen LogP contribution in [0.15, 0.2) is 23.2 Å². The van der Waals surface area contributed by atoms with Gasteiger partial charge in [0, 0.05) is 53.8 Å². The molecule has 1 aromatic rings. The highest BCUT2D eigenvalue weighted by molar-refractivity contribution is 5.79. The number of benzene rings is 1. The quantitative estimate of drug-likeness (QED) is 0.664. The van der Waals surface area contributed by atoms with Crippen LogP contribution in [0, 0.1) is 11.7 Å². The Labute approximate surface area is 138 Å². The summed E-state index contributed by atoms with van der Waals surface area (Å²) in [5, 5.41) is 3.29. The lowest BCUT2D eigenvalue weighted by molar-refractivity contribution is 0.181. The normalized spacial score (nSPS) is 18.1. The van der Waals surface area contributed by atoms with E-state index in [1.807, 2.05) is 27.2 Å². The van der Waals surface area contributed by atoms with Crippen LogP contribution in [0.1, 0.15) is 12.0 Å². The number of anilines is 1. The molecule has 0 bridgehead atoms. The van der Waals surface area contributed by atoms with Gasteiger partial charge in [-0.25, -0.2) is 4.39 Å². The van der Waals surface area contributed by atoms with Gasteiger partial charge < -0.3 is 19.9 Å². The predicted molar refractivity (Wildman–Crippen MR) is 92.5 cm³/mol. The van der Waals surface area contributed by atoms with Crippen molar-refractivity contribution < 1.29 is 9.13 Å². The molecule has 6 heteroatoms. The first-order valence-electron chi connectivity index (χ1n) is 7.96. The number of nitrogens with one attached hydrogen (secondary N) is 1. The van der Waals surface area contributed by atoms with Gasteiger partial charge in [-0.15, -0.1) is 0 Å². The maximum absolute atomic E-state index is 14.0. The topological polar surface area (TPSA) is 40.1 Å². The zero-order valence-electron chi connectivity index (χ0n) is 14.5. The molecule has 23 heavy (non-hydrogen) atoms. The third-order valence-corrected chi connectivity index (χ3v) is 4.07. The van der Waals surface area contributed by atoms with Gasteiger partial charge in [0.25, 0.3) is 0 Å². The molecule has 1 saturated heterocycles. The lowest BCUT2D eigenvalue weighted by atomic mass is 10.1. The van der Waals surface area contributed by atoms with Crippen molar-refractivity contribution in [1.29, 1.82) is 0 Å². The predicted octanol–water partition coefficient (Wildman–Crippen LogP) is 1.94. The molecule has 1 aliphatic heterocycles. The van der Waals surface area contributed by atoms with Gasteiger partial charge in [0.15, 0.2) is 5.96 Å². The molecule has 1 atom stereocenters. The highest BCUT2D eigenvalue weighted by atomic mass is 19.1. The minimum atomic E-state index is -0.208. The average molecular weight is 322 g/mol. The molecule has 0 radical (unpaired) electrons. The fraction of sp³-hybridized carbons (Fsp3) is 0.588. The fourth-order valence-electron chi connectivity index (χ4n) is 2.79. The summed E-state index contributed by atoms with van der Waals surface area (Å²) in [7, 11) is 7.45. The van der Waals surface area contributed by atoms with Gasteiger partial charge in [-0.05, 0) is 24.1 Å². The summed E-state index contributed by atoms with van der Waals surface area (Å²) < 4.78 is 19.4. The van der Waals surface area contributed by atoms with Crippen LogP contribution in [0.4, 0.5) is 10.1 Å². The maximum Gasteiger partial charge on any atom is 0.193 e. The summed E-state index contributed by atoms with van der Waals surface area (Å²) in [5.41, 5.74) is 1.49. The van der Waals surface area contributed by atoms with Crippen molar-refractivity contribution in [3.63, 3.8) is 0 Å². The van der Waals surface area contributed by atoms with E-state index in [9.17, 15) is 4.39 Å². The van der Waals surface area contributed by atoms with Crippen LogP contribution < -0.4 is 10.2 Å². The molecule has 1 heterocycles. The van der Waals surface area contributed by atoms with Crippen LogP contribution in [-0.2, 0) is 11.3 Å². The Balaban J connectivity index is 1.91. The lowest BCUT2D eigenvalue weighted by Gasteiger charge is -2.24. The molecule has 128 valence electrons. The second-order valence-corrected chi connectivity index (χ2v) is 6.19. The summed E-state index contributed by atoms with van der Waals surface area (Å²) >= 11 is 0. The third-order valence-electron chi connectivity index (χ3n) is 4.07. The molecular weight excluding hydrogens is 295 g/mol. The van der Waals surface area contributed by atoms with Crippen molar-refractivity contribution in [2.75, 3.05) is 52.8 Å². The highest BCUT2D eigenvalue weighted by Gasteiger charge is 2.19. The van der Waals surface area contributed by atoms with E-state index < -0.39 is 0 Å². The number of guanidine groups is 1. The third kappa shape index (κ3) is 4.82. The molecular formula is C17H27FN4O. The molecule has 0 amide bonds. The first-order chi connectivity index (χ1) is 11.0. The molecule has 2 rings (SSSR count). The molecule has 0 spiro atoms. The minimum absolute atomic E-state index is 0.208. The standard InChI is InChI=1S/C17H27FN4O/c1-19-17(22(4)11-14-7-8-23-12-14)20-10-13-5-6-16(21(2)3)15(18)9-13/h5-6,9,14H,7-8,10-12H2,1-4H3,(H,19,20). The molecule has 0 aliphatic carbocycles. The molecule has 1 aliphatic rings. The van der Waals surface area contributed by atoms with E-state index in [0.29, 0.717) is 18.2 Å². The van der Waals surface area contributed by atoms with E-state index in [2.05, 4.69) is 15.2 Å². The molecule has 1 unspecified atom stereocenters. The lowest BCUT2D eigenvalue weighted by Crippen LogP contribution is -2.41. The Bertz CT molecular complexity index is 541. The zero-order valence-corrected chi connectivity index (χ0v) is 14.5. The van der Waals surface area contributed by atoms with E-state index in [1.165, 1.54) is 0 Å². The number of nitrogens with zero attached hydrogens (tertiary/aromatic N) is 3. The van der Waals surface area contributed by atoms with Crippen molar-refractivity contribution >= 4 is 11.6 Å². The monoisotopic (exact) mass is 322 g/mol. The summed E-state index contributed by atoms with van der Waals surface area (Å²) in [6, 6.07) is 5.30. The largest absolute Gasteiger partial charge is 0.381 e. The number of ether oxygens (including phenoxy) is 1. The minimum Gasteiger partial charge on any atom is -0.381 e. The second kappa shape index (κ2) is 8.15. The van der Waals surface area contributed by atoms with Crippen LogP contribution >= 0.6 is 0 Å². The van der Waals surface area contributed by atoms with Crippen LogP contribution in [-0.4, -0.2) is 58.8 Å². The van der Waals surface area contributed by atoms with Gasteiger partial charge in [0.2, 0.25) is 0 Å². The average Bonchev–Trinajstić information content (AvgIpc) is 3.00. The highest BCUT2D eigenvalue weighted by Crippen LogP contribution is 2.18. The Morgan fingerprint density at radius 2 is 2.17 bits per heavy atom. The van der Waals surface area contributed by atoms with Gasteiger partial charge in [-0.3, -0.25) is 4.99 Å². The van der Waals surface area contributed by atoms with Crippen molar-refractivity contribution in [3.8, 4) is 0 Å². The SMILES string of the molecule is CN=C(NCc1ccc(N(C)C)c(F)c1)N(C)CC1CCOC1. The van der Waals surface area contributed by atoms with E-state index in [1.54, 1.807) is 24.1 Å². The number of halogens is 1. The van der Waals surface area contributed by atoms with Gasteiger partial charge in [-0.2, -0.15) is 0 Å². The molecule has 5 nitrogen and oxygen atoms in total. The Hall–Kier alpha value is -1.82. The second-order valence-electron chi connectivity index (χ2n) is 6.19. The summed E-state index contributed by atoms with van der Waals surface area (Å²) in [4.78, 5) is 8.17. The van der Waals surface area contributed by atoms with Gasteiger partial charge in [0.05, 0.1) is 12.3 Å². The number of aliphatic imine (C=N–C) groups is 1. The van der Waals surface area contributed by atoms with E-state index in [-0.39, 0.29) is 5.82 Å². The Kier molecular flexibility index (Phi) is 6.21. The maximum atomic E-state index is 14.0. The van der Waals surface area contributed by atoms with E-state index in [0.717, 1.165) is 37.7 Å². The molecule has 1 N–H and O–H groups in total. The number of rotatable bonds is 5. The van der Waals surface area contributed by atoms with Gasteiger partial charge in [-0.1, -0.05) is 6.07 Å². The molecule has 1 aromatic carbocycles. The zero-order chi connectivity index (χ0) is 16.8. The van der Waals surface area contributed by atoms with Gasteiger partial charge >= 0.3 is 0 Å². The Morgan fingerprint density at radius 1 is 1.39 bits per heavy atom. The first-order valence-corrected chi connectivity index (χ1v) is 7.96. The van der Waals surface area contributed by atoms with Crippen molar-refractivity contribution in [2.45, 2.75) is 13.0 Å². The first kappa shape index (κ1) is 17.5. The summed E-state index contributed by atoms with van der Waals surface area (Å²) in [5.74, 6) is 1.16. The van der Waals surface area contributed by atoms with E-state index in [4.69, 9.17) is 4.74 Å². The van der Waals surface area contributed by atoms with Crippen molar-refractivity contribution in [2.24, 2.45) is 10.9 Å². The summed E-state index contributed by atoms with van der Waals surface area (Å²) in [6.07, 6.45) is 1.10. The van der Waals surface area contributed by atoms with E-state index >= 15 is 0 Å². The van der Waals surface area contributed by atoms with Crippen LogP contribution in [0.25, 0.3) is 0 Å². The van der Waals surface area contributed by atoms with Crippen LogP contribution in [0.3, 0.4) is 0 Å². The smallest absolute Gasteiger partial charge is 0.193 e. The number of hydrogen-bond acceptors (Lipinski definition) is 3. The van der Waals surface area contributed by atoms with Crippen LogP contribution in [0.2, 0.25) is 0 Å². The summed E-state index contributed by atoms with van der Waals surface area (Å²) in [6.45, 7) is 3.12. The van der Waals surface area contributed by atoms with Gasteiger partial charge in [0.1, 0.15) is 5.82 Å².